The van der Waals surface area contributed by atoms with Crippen LogP contribution in [-0.2, 0) is 4.79 Å². The highest BCUT2D eigenvalue weighted by Crippen LogP contribution is 2.20. The lowest BCUT2D eigenvalue weighted by atomic mass is 10.1. The van der Waals surface area contributed by atoms with E-state index >= 15 is 0 Å². The minimum absolute atomic E-state index is 0.000880. The van der Waals surface area contributed by atoms with E-state index in [0.29, 0.717) is 31.7 Å². The number of carbonyl (C=O) groups is 2. The van der Waals surface area contributed by atoms with Gasteiger partial charge in [0.25, 0.3) is 5.91 Å². The topological polar surface area (TPSA) is 60.9 Å². The molecular weight excluding hydrogens is 336 g/mol. The second-order valence-corrected chi connectivity index (χ2v) is 6.15. The van der Waals surface area contributed by atoms with Crippen LogP contribution >= 0.6 is 15.9 Å². The number of aryl methyl sites for hydroxylation is 1. The standard InChI is InChI=1S/C15H19BrN2O3/c1-11-3-4-12(13(16)9-11)15(21)18-6-2-5-17(7-8-18)10-14(19)20/h3-4,9H,2,5-8,10H2,1H3,(H,19,20). The Bertz CT molecular complexity index is 548. The van der Waals surface area contributed by atoms with Crippen molar-refractivity contribution >= 4 is 27.8 Å². The van der Waals surface area contributed by atoms with E-state index < -0.39 is 5.97 Å². The van der Waals surface area contributed by atoms with Crippen molar-refractivity contribution in [2.75, 3.05) is 32.7 Å². The van der Waals surface area contributed by atoms with E-state index in [1.807, 2.05) is 30.0 Å². The molecule has 0 radical (unpaired) electrons. The molecule has 2 rings (SSSR count). The summed E-state index contributed by atoms with van der Waals surface area (Å²) in [6.45, 7) is 4.55. The predicted octanol–water partition coefficient (Wildman–Crippen LogP) is 1.99. The largest absolute Gasteiger partial charge is 0.480 e. The van der Waals surface area contributed by atoms with Gasteiger partial charge < -0.3 is 10.0 Å². The zero-order valence-corrected chi connectivity index (χ0v) is 13.6. The SMILES string of the molecule is Cc1ccc(C(=O)N2CCCN(CC(=O)O)CC2)c(Br)c1. The number of rotatable bonds is 3. The fourth-order valence-corrected chi connectivity index (χ4v) is 3.15. The molecule has 6 heteroatoms. The predicted molar refractivity (Wildman–Crippen MR) is 83.5 cm³/mol. The third-order valence-corrected chi connectivity index (χ3v) is 4.25. The van der Waals surface area contributed by atoms with Gasteiger partial charge in [-0.1, -0.05) is 6.07 Å². The summed E-state index contributed by atoms with van der Waals surface area (Å²) in [6, 6.07) is 5.69. The number of halogens is 1. The molecular formula is C15H19BrN2O3. The molecule has 1 saturated heterocycles. The number of aliphatic carboxylic acids is 1. The van der Waals surface area contributed by atoms with Crippen molar-refractivity contribution < 1.29 is 14.7 Å². The summed E-state index contributed by atoms with van der Waals surface area (Å²) in [7, 11) is 0. The first-order chi connectivity index (χ1) is 9.97. The lowest BCUT2D eigenvalue weighted by Gasteiger charge is -2.22. The lowest BCUT2D eigenvalue weighted by molar-refractivity contribution is -0.138. The van der Waals surface area contributed by atoms with Crippen molar-refractivity contribution in [2.45, 2.75) is 13.3 Å². The summed E-state index contributed by atoms with van der Waals surface area (Å²) in [6.07, 6.45) is 0.794. The molecule has 0 saturated carbocycles. The molecule has 1 aromatic carbocycles. The third-order valence-electron chi connectivity index (χ3n) is 3.59. The fourth-order valence-electron chi connectivity index (χ4n) is 2.49. The van der Waals surface area contributed by atoms with Crippen LogP contribution in [0.3, 0.4) is 0 Å². The van der Waals surface area contributed by atoms with Crippen molar-refractivity contribution in [2.24, 2.45) is 0 Å². The minimum atomic E-state index is -0.823. The van der Waals surface area contributed by atoms with Gasteiger partial charge in [-0.3, -0.25) is 14.5 Å². The van der Waals surface area contributed by atoms with Crippen molar-refractivity contribution in [3.05, 3.63) is 33.8 Å². The van der Waals surface area contributed by atoms with E-state index in [1.165, 1.54) is 0 Å². The van der Waals surface area contributed by atoms with Crippen LogP contribution in [0.5, 0.6) is 0 Å². The number of carbonyl (C=O) groups excluding carboxylic acids is 1. The Morgan fingerprint density at radius 2 is 2.00 bits per heavy atom. The summed E-state index contributed by atoms with van der Waals surface area (Å²) in [5.74, 6) is -0.824. The molecule has 0 unspecified atom stereocenters. The van der Waals surface area contributed by atoms with Crippen LogP contribution in [0.1, 0.15) is 22.3 Å². The molecule has 1 amide bonds. The molecule has 21 heavy (non-hydrogen) atoms. The van der Waals surface area contributed by atoms with E-state index in [9.17, 15) is 9.59 Å². The number of nitrogens with zero attached hydrogens (tertiary/aromatic N) is 2. The molecule has 1 aliphatic rings. The van der Waals surface area contributed by atoms with Crippen molar-refractivity contribution in [1.29, 1.82) is 0 Å². The van der Waals surface area contributed by atoms with Gasteiger partial charge in [-0.15, -0.1) is 0 Å². The van der Waals surface area contributed by atoms with Crippen LogP contribution < -0.4 is 0 Å². The number of amides is 1. The first-order valence-electron chi connectivity index (χ1n) is 6.97. The van der Waals surface area contributed by atoms with Gasteiger partial charge >= 0.3 is 5.97 Å². The molecule has 0 bridgehead atoms. The average molecular weight is 355 g/mol. The molecule has 0 spiro atoms. The van der Waals surface area contributed by atoms with Crippen molar-refractivity contribution in [1.82, 2.24) is 9.80 Å². The first-order valence-corrected chi connectivity index (χ1v) is 7.76. The summed E-state index contributed by atoms with van der Waals surface area (Å²) in [5.41, 5.74) is 1.76. The number of carboxylic acids is 1. The van der Waals surface area contributed by atoms with E-state index in [-0.39, 0.29) is 12.5 Å². The van der Waals surface area contributed by atoms with E-state index in [1.54, 1.807) is 4.90 Å². The monoisotopic (exact) mass is 354 g/mol. The lowest BCUT2D eigenvalue weighted by Crippen LogP contribution is -2.36. The van der Waals surface area contributed by atoms with Crippen molar-refractivity contribution in [3.63, 3.8) is 0 Å². The Hall–Kier alpha value is -1.40. The molecule has 1 N–H and O–H groups in total. The van der Waals surface area contributed by atoms with Gasteiger partial charge in [-0.05, 0) is 47.0 Å². The van der Waals surface area contributed by atoms with Crippen molar-refractivity contribution in [3.8, 4) is 0 Å². The van der Waals surface area contributed by atoms with Gasteiger partial charge in [0.15, 0.2) is 0 Å². The van der Waals surface area contributed by atoms with Crippen LogP contribution in [0.25, 0.3) is 0 Å². The Morgan fingerprint density at radius 3 is 2.67 bits per heavy atom. The number of hydrogen-bond acceptors (Lipinski definition) is 3. The highest BCUT2D eigenvalue weighted by atomic mass is 79.9. The van der Waals surface area contributed by atoms with Crippen LogP contribution in [0, 0.1) is 6.92 Å². The molecule has 114 valence electrons. The fraction of sp³-hybridized carbons (Fsp3) is 0.467. The quantitative estimate of drug-likeness (QED) is 0.901. The van der Waals surface area contributed by atoms with Crippen LogP contribution in [-0.4, -0.2) is 59.5 Å². The average Bonchev–Trinajstić information content (AvgIpc) is 2.63. The van der Waals surface area contributed by atoms with Crippen LogP contribution in [0.4, 0.5) is 0 Å². The van der Waals surface area contributed by atoms with Gasteiger partial charge in [0.2, 0.25) is 0 Å². The third kappa shape index (κ3) is 4.28. The molecule has 1 heterocycles. The highest BCUT2D eigenvalue weighted by molar-refractivity contribution is 9.10. The van der Waals surface area contributed by atoms with Crippen LogP contribution in [0.2, 0.25) is 0 Å². The maximum atomic E-state index is 12.6. The van der Waals surface area contributed by atoms with E-state index in [0.717, 1.165) is 16.5 Å². The Kier molecular flexibility index (Phi) is 5.36. The maximum absolute atomic E-state index is 12.6. The van der Waals surface area contributed by atoms with E-state index in [2.05, 4.69) is 15.9 Å². The normalized spacial score (nSPS) is 16.6. The smallest absolute Gasteiger partial charge is 0.317 e. The summed E-state index contributed by atoms with van der Waals surface area (Å²) >= 11 is 3.44. The number of hydrogen-bond donors (Lipinski definition) is 1. The first kappa shape index (κ1) is 16.0. The Labute approximate surface area is 132 Å². The minimum Gasteiger partial charge on any atom is -0.480 e. The summed E-state index contributed by atoms with van der Waals surface area (Å²) in [5, 5.41) is 8.84. The van der Waals surface area contributed by atoms with Gasteiger partial charge in [0.1, 0.15) is 0 Å². The molecule has 0 atom stereocenters. The van der Waals surface area contributed by atoms with Gasteiger partial charge in [-0.25, -0.2) is 0 Å². The van der Waals surface area contributed by atoms with Crippen LogP contribution in [0.15, 0.2) is 22.7 Å². The molecule has 1 aromatic rings. The molecule has 1 fully saturated rings. The van der Waals surface area contributed by atoms with Gasteiger partial charge in [0, 0.05) is 30.7 Å². The Morgan fingerprint density at radius 1 is 1.24 bits per heavy atom. The summed E-state index contributed by atoms with van der Waals surface area (Å²) in [4.78, 5) is 27.0. The molecule has 5 nitrogen and oxygen atoms in total. The molecule has 0 aromatic heterocycles. The highest BCUT2D eigenvalue weighted by Gasteiger charge is 2.22. The second kappa shape index (κ2) is 7.04. The van der Waals surface area contributed by atoms with Gasteiger partial charge in [-0.2, -0.15) is 0 Å². The maximum Gasteiger partial charge on any atom is 0.317 e. The molecule has 1 aliphatic heterocycles. The van der Waals surface area contributed by atoms with Gasteiger partial charge in [0.05, 0.1) is 12.1 Å². The zero-order valence-electron chi connectivity index (χ0n) is 12.0. The molecule has 0 aliphatic carbocycles. The Balaban J connectivity index is 2.04. The zero-order chi connectivity index (χ0) is 15.4. The second-order valence-electron chi connectivity index (χ2n) is 5.30. The van der Waals surface area contributed by atoms with E-state index in [4.69, 9.17) is 5.11 Å². The number of carboxylic acid groups (broad SMARTS) is 1. The summed E-state index contributed by atoms with van der Waals surface area (Å²) < 4.78 is 0.805. The number of benzene rings is 1.